The Morgan fingerprint density at radius 1 is 1.12 bits per heavy atom. The minimum atomic E-state index is -0.538. The van der Waals surface area contributed by atoms with Crippen molar-refractivity contribution in [1.29, 1.82) is 0 Å². The van der Waals surface area contributed by atoms with Crippen LogP contribution in [0.5, 0.6) is 11.5 Å². The third kappa shape index (κ3) is 4.18. The predicted octanol–water partition coefficient (Wildman–Crippen LogP) is 6.68. The zero-order chi connectivity index (χ0) is 22.8. The summed E-state index contributed by atoms with van der Waals surface area (Å²) in [5.41, 5.74) is 3.21. The fraction of sp³-hybridized carbons (Fsp3) is 0.185. The van der Waals surface area contributed by atoms with E-state index in [-0.39, 0.29) is 5.69 Å². The second-order valence-corrected chi connectivity index (χ2v) is 8.01. The molecule has 1 fully saturated rings. The Balaban J connectivity index is 1.59. The van der Waals surface area contributed by atoms with Crippen molar-refractivity contribution in [3.05, 3.63) is 89.3 Å². The van der Waals surface area contributed by atoms with Gasteiger partial charge in [0.2, 0.25) is 5.69 Å². The van der Waals surface area contributed by atoms with Gasteiger partial charge in [0, 0.05) is 11.3 Å². The topological polar surface area (TPSA) is 40.6 Å². The molecule has 0 aliphatic heterocycles. The van der Waals surface area contributed by atoms with Crippen molar-refractivity contribution in [2.75, 3.05) is 13.7 Å². The van der Waals surface area contributed by atoms with Gasteiger partial charge in [0.15, 0.2) is 11.5 Å². The van der Waals surface area contributed by atoms with E-state index in [4.69, 9.17) is 21.0 Å². The van der Waals surface area contributed by atoms with Gasteiger partial charge in [-0.15, -0.1) is 0 Å². The lowest BCUT2D eigenvalue weighted by Gasteiger charge is -2.13. The molecule has 1 heterocycles. The van der Waals surface area contributed by atoms with Gasteiger partial charge in [-0.25, -0.2) is 14.2 Å². The highest BCUT2D eigenvalue weighted by Gasteiger charge is 2.23. The van der Waals surface area contributed by atoms with Crippen LogP contribution in [-0.4, -0.2) is 23.3 Å². The van der Waals surface area contributed by atoms with Crippen LogP contribution in [0.3, 0.4) is 0 Å². The zero-order valence-corrected chi connectivity index (χ0v) is 18.2. The van der Waals surface area contributed by atoms with E-state index in [0.717, 1.165) is 16.6 Å². The molecule has 1 aliphatic rings. The molecule has 1 saturated carbocycles. The van der Waals surface area contributed by atoms with Crippen molar-refractivity contribution in [2.24, 2.45) is 5.92 Å². The van der Waals surface area contributed by atoms with E-state index >= 15 is 0 Å². The molecule has 0 N–H and O–H groups in total. The molecule has 1 aromatic heterocycles. The number of ether oxygens (including phenoxy) is 2. The van der Waals surface area contributed by atoms with Crippen LogP contribution in [0.15, 0.2) is 60.7 Å². The summed E-state index contributed by atoms with van der Waals surface area (Å²) in [6.45, 7) is 7.95. The molecule has 0 amide bonds. The van der Waals surface area contributed by atoms with E-state index in [1.165, 1.54) is 18.9 Å². The van der Waals surface area contributed by atoms with Gasteiger partial charge in [0.1, 0.15) is 11.6 Å². The quantitative estimate of drug-likeness (QED) is 0.302. The molecular weight excluding hydrogens is 417 g/mol. The standard InChI is InChI=1S/C27H22FN3O2/c1-29-23-16-20(13-14-21(23)28)31-24-8-4-3-7-22(24)30-26(31)15-12-19-6-5-9-25(32-2)27(19)33-17-18-10-11-18/h3-9,12-16,18H,10-11,17H2,2H3/b15-12+. The number of para-hydroxylation sites is 3. The number of imidazole rings is 1. The minimum Gasteiger partial charge on any atom is -0.493 e. The van der Waals surface area contributed by atoms with Crippen LogP contribution >= 0.6 is 0 Å². The van der Waals surface area contributed by atoms with E-state index in [1.54, 1.807) is 19.2 Å². The van der Waals surface area contributed by atoms with Crippen molar-refractivity contribution < 1.29 is 13.9 Å². The Morgan fingerprint density at radius 2 is 1.97 bits per heavy atom. The highest BCUT2D eigenvalue weighted by molar-refractivity contribution is 5.83. The second kappa shape index (κ2) is 8.79. The van der Waals surface area contributed by atoms with Crippen LogP contribution < -0.4 is 9.47 Å². The Labute approximate surface area is 191 Å². The molecule has 0 atom stereocenters. The molecule has 3 aromatic carbocycles. The van der Waals surface area contributed by atoms with Crippen LogP contribution in [-0.2, 0) is 0 Å². The monoisotopic (exact) mass is 439 g/mol. The SMILES string of the molecule is [C-]#[N+]c1cc(-n2c(/C=C/c3cccc(OC)c3OCC3CC3)nc3ccccc32)ccc1F. The van der Waals surface area contributed by atoms with Crippen LogP contribution in [0.25, 0.3) is 33.7 Å². The number of rotatable bonds is 7. The van der Waals surface area contributed by atoms with Crippen LogP contribution in [0, 0.1) is 18.3 Å². The molecule has 0 radical (unpaired) electrons. The van der Waals surface area contributed by atoms with Gasteiger partial charge in [-0.05, 0) is 67.3 Å². The average molecular weight is 439 g/mol. The summed E-state index contributed by atoms with van der Waals surface area (Å²) < 4.78 is 27.5. The van der Waals surface area contributed by atoms with Gasteiger partial charge >= 0.3 is 0 Å². The fourth-order valence-electron chi connectivity index (χ4n) is 3.78. The molecule has 4 aromatic rings. The maximum absolute atomic E-state index is 14.0. The number of fused-ring (bicyclic) bond motifs is 1. The average Bonchev–Trinajstić information content (AvgIpc) is 3.60. The van der Waals surface area contributed by atoms with Crippen LogP contribution in [0.4, 0.5) is 10.1 Å². The maximum Gasteiger partial charge on any atom is 0.224 e. The number of hydrogen-bond donors (Lipinski definition) is 0. The van der Waals surface area contributed by atoms with E-state index in [0.29, 0.717) is 35.5 Å². The molecule has 0 spiro atoms. The first-order valence-corrected chi connectivity index (χ1v) is 10.8. The normalized spacial score (nSPS) is 13.4. The summed E-state index contributed by atoms with van der Waals surface area (Å²) in [5.74, 6) is 2.14. The number of benzene rings is 3. The summed E-state index contributed by atoms with van der Waals surface area (Å²) in [6, 6.07) is 18.0. The molecule has 0 unspecified atom stereocenters. The number of halogens is 1. The number of methoxy groups -OCH3 is 1. The lowest BCUT2D eigenvalue weighted by Crippen LogP contribution is -2.02. The van der Waals surface area contributed by atoms with Gasteiger partial charge in [-0.3, -0.25) is 4.57 Å². The lowest BCUT2D eigenvalue weighted by molar-refractivity contribution is 0.280. The summed E-state index contributed by atoms with van der Waals surface area (Å²) in [4.78, 5) is 8.08. The third-order valence-corrected chi connectivity index (χ3v) is 5.70. The van der Waals surface area contributed by atoms with E-state index in [2.05, 4.69) is 4.85 Å². The highest BCUT2D eigenvalue weighted by atomic mass is 19.1. The summed E-state index contributed by atoms with van der Waals surface area (Å²) in [7, 11) is 1.63. The molecule has 0 bridgehead atoms. The first-order valence-electron chi connectivity index (χ1n) is 10.8. The van der Waals surface area contributed by atoms with Crippen LogP contribution in [0.1, 0.15) is 24.2 Å². The van der Waals surface area contributed by atoms with Crippen molar-refractivity contribution in [3.8, 4) is 17.2 Å². The van der Waals surface area contributed by atoms with Crippen molar-refractivity contribution in [3.63, 3.8) is 0 Å². The van der Waals surface area contributed by atoms with E-state index in [9.17, 15) is 4.39 Å². The highest BCUT2D eigenvalue weighted by Crippen LogP contribution is 2.36. The molecule has 0 saturated heterocycles. The van der Waals surface area contributed by atoms with Crippen molar-refractivity contribution in [2.45, 2.75) is 12.8 Å². The number of nitrogens with zero attached hydrogens (tertiary/aromatic N) is 3. The lowest BCUT2D eigenvalue weighted by atomic mass is 10.1. The summed E-state index contributed by atoms with van der Waals surface area (Å²) in [6.07, 6.45) is 6.25. The van der Waals surface area contributed by atoms with E-state index < -0.39 is 5.82 Å². The van der Waals surface area contributed by atoms with E-state index in [1.807, 2.05) is 59.2 Å². The Kier molecular flexibility index (Phi) is 5.54. The number of aromatic nitrogens is 2. The van der Waals surface area contributed by atoms with Gasteiger partial charge in [-0.1, -0.05) is 24.3 Å². The van der Waals surface area contributed by atoms with Crippen molar-refractivity contribution in [1.82, 2.24) is 9.55 Å². The molecule has 33 heavy (non-hydrogen) atoms. The Bertz CT molecular complexity index is 1400. The Hall–Kier alpha value is -4.11. The molecular formula is C27H22FN3O2. The smallest absolute Gasteiger partial charge is 0.224 e. The summed E-state index contributed by atoms with van der Waals surface area (Å²) >= 11 is 0. The zero-order valence-electron chi connectivity index (χ0n) is 18.2. The largest absolute Gasteiger partial charge is 0.493 e. The Morgan fingerprint density at radius 3 is 2.76 bits per heavy atom. The second-order valence-electron chi connectivity index (χ2n) is 8.01. The molecule has 5 rings (SSSR count). The fourth-order valence-corrected chi connectivity index (χ4v) is 3.78. The molecule has 6 heteroatoms. The summed E-state index contributed by atoms with van der Waals surface area (Å²) in [5, 5.41) is 0. The van der Waals surface area contributed by atoms with Crippen LogP contribution in [0.2, 0.25) is 0 Å². The van der Waals surface area contributed by atoms with Gasteiger partial charge in [0.05, 0.1) is 31.3 Å². The third-order valence-electron chi connectivity index (χ3n) is 5.70. The first-order chi connectivity index (χ1) is 16.2. The maximum atomic E-state index is 14.0. The van der Waals surface area contributed by atoms with Gasteiger partial charge in [0.25, 0.3) is 0 Å². The minimum absolute atomic E-state index is 0.0243. The molecule has 5 nitrogen and oxygen atoms in total. The van der Waals surface area contributed by atoms with Gasteiger partial charge in [-0.2, -0.15) is 0 Å². The number of hydrogen-bond acceptors (Lipinski definition) is 3. The molecule has 164 valence electrons. The van der Waals surface area contributed by atoms with Gasteiger partial charge < -0.3 is 9.47 Å². The first kappa shape index (κ1) is 20.8. The van der Waals surface area contributed by atoms with Crippen molar-refractivity contribution >= 4 is 28.9 Å². The predicted molar refractivity (Wildman–Crippen MR) is 127 cm³/mol. The molecule has 1 aliphatic carbocycles.